The second-order valence-corrected chi connectivity index (χ2v) is 8.34. The van der Waals surface area contributed by atoms with E-state index in [9.17, 15) is 22.4 Å². The summed E-state index contributed by atoms with van der Waals surface area (Å²) in [5.41, 5.74) is 3.43. The second kappa shape index (κ2) is 10.3. The van der Waals surface area contributed by atoms with Crippen LogP contribution < -0.4 is 4.74 Å². The number of amides is 1. The van der Waals surface area contributed by atoms with Gasteiger partial charge in [-0.2, -0.15) is 8.78 Å². The van der Waals surface area contributed by atoms with E-state index in [0.29, 0.717) is 24.2 Å². The summed E-state index contributed by atoms with van der Waals surface area (Å²) in [5, 5.41) is 0. The van der Waals surface area contributed by atoms with Gasteiger partial charge in [-0.05, 0) is 30.2 Å². The van der Waals surface area contributed by atoms with Gasteiger partial charge in [0.15, 0.2) is 17.4 Å². The number of hydrogen-bond acceptors (Lipinski definition) is 3. The predicted molar refractivity (Wildman–Crippen MR) is 119 cm³/mol. The van der Waals surface area contributed by atoms with Crippen LogP contribution in [0.5, 0.6) is 5.75 Å². The Morgan fingerprint density at radius 1 is 0.824 bits per heavy atom. The molecule has 1 heterocycles. The van der Waals surface area contributed by atoms with Gasteiger partial charge in [0.25, 0.3) is 5.91 Å². The van der Waals surface area contributed by atoms with Gasteiger partial charge in [-0.15, -0.1) is 0 Å². The van der Waals surface area contributed by atoms with Crippen molar-refractivity contribution in [1.29, 1.82) is 0 Å². The number of ether oxygens (including phenoxy) is 1. The third-order valence-electron chi connectivity index (χ3n) is 5.84. The molecule has 0 spiro atoms. The summed E-state index contributed by atoms with van der Waals surface area (Å²) >= 11 is 0. The van der Waals surface area contributed by atoms with E-state index >= 15 is 0 Å². The number of nitrogens with zero attached hydrogens (tertiary/aromatic N) is 2. The van der Waals surface area contributed by atoms with Crippen LogP contribution in [0.15, 0.2) is 54.6 Å². The van der Waals surface area contributed by atoms with Crippen molar-refractivity contribution in [3.8, 4) is 5.75 Å². The highest BCUT2D eigenvalue weighted by atomic mass is 19.2. The largest absolute Gasteiger partial charge is 0.483 e. The second-order valence-electron chi connectivity index (χ2n) is 8.34. The molecule has 4 rings (SSSR count). The van der Waals surface area contributed by atoms with Gasteiger partial charge in [0.05, 0.1) is 0 Å². The van der Waals surface area contributed by atoms with E-state index in [-0.39, 0.29) is 18.6 Å². The molecule has 0 radical (unpaired) electrons. The van der Waals surface area contributed by atoms with Crippen molar-refractivity contribution >= 4 is 5.91 Å². The highest BCUT2D eigenvalue weighted by Gasteiger charge is 2.23. The minimum Gasteiger partial charge on any atom is -0.483 e. The molecule has 3 aromatic carbocycles. The maximum Gasteiger partial charge on any atom is 0.253 e. The minimum atomic E-state index is -1.59. The molecular weight excluding hydrogens is 448 g/mol. The van der Waals surface area contributed by atoms with Crippen LogP contribution in [0.25, 0.3) is 0 Å². The molecule has 0 unspecified atom stereocenters. The molecule has 0 saturated carbocycles. The molecule has 1 aliphatic rings. The van der Waals surface area contributed by atoms with Crippen molar-refractivity contribution in [2.45, 2.75) is 20.1 Å². The lowest BCUT2D eigenvalue weighted by Crippen LogP contribution is -2.48. The zero-order chi connectivity index (χ0) is 24.2. The summed E-state index contributed by atoms with van der Waals surface area (Å²) in [6.45, 7) is 5.34. The van der Waals surface area contributed by atoms with Crippen LogP contribution in [0.1, 0.15) is 27.0 Å². The number of carbonyl (C=O) groups excluding carboxylic acids is 1. The van der Waals surface area contributed by atoms with Crippen LogP contribution in [0.2, 0.25) is 0 Å². The van der Waals surface area contributed by atoms with Gasteiger partial charge < -0.3 is 9.64 Å². The molecular formula is C26H24F4N2O2. The highest BCUT2D eigenvalue weighted by Crippen LogP contribution is 2.27. The number of carbonyl (C=O) groups is 1. The molecule has 0 aromatic heterocycles. The van der Waals surface area contributed by atoms with Gasteiger partial charge in [-0.3, -0.25) is 9.69 Å². The number of halogens is 4. The normalized spacial score (nSPS) is 14.3. The lowest BCUT2D eigenvalue weighted by Gasteiger charge is -2.34. The first kappa shape index (κ1) is 23.8. The number of hydrogen-bond donors (Lipinski definition) is 0. The third-order valence-corrected chi connectivity index (χ3v) is 5.84. The number of piperazine rings is 1. The van der Waals surface area contributed by atoms with E-state index in [0.717, 1.165) is 19.6 Å². The average Bonchev–Trinajstić information content (AvgIpc) is 2.85. The van der Waals surface area contributed by atoms with Gasteiger partial charge in [0, 0.05) is 44.4 Å². The van der Waals surface area contributed by atoms with Crippen LogP contribution >= 0.6 is 0 Å². The highest BCUT2D eigenvalue weighted by molar-refractivity contribution is 5.94. The Kier molecular flexibility index (Phi) is 7.17. The summed E-state index contributed by atoms with van der Waals surface area (Å²) in [6.07, 6.45) is 0. The fraction of sp³-hybridized carbons (Fsp3) is 0.269. The molecule has 1 amide bonds. The lowest BCUT2D eigenvalue weighted by molar-refractivity contribution is 0.0628. The average molecular weight is 472 g/mol. The van der Waals surface area contributed by atoms with E-state index in [4.69, 9.17) is 4.74 Å². The first-order valence-corrected chi connectivity index (χ1v) is 10.9. The monoisotopic (exact) mass is 472 g/mol. The topological polar surface area (TPSA) is 32.8 Å². The Morgan fingerprint density at radius 3 is 1.97 bits per heavy atom. The van der Waals surface area contributed by atoms with E-state index in [1.54, 1.807) is 29.2 Å². The van der Waals surface area contributed by atoms with Crippen molar-refractivity contribution in [3.63, 3.8) is 0 Å². The van der Waals surface area contributed by atoms with E-state index < -0.39 is 29.0 Å². The summed E-state index contributed by atoms with van der Waals surface area (Å²) in [7, 11) is 0. The summed E-state index contributed by atoms with van der Waals surface area (Å²) in [4.78, 5) is 16.9. The van der Waals surface area contributed by atoms with Crippen molar-refractivity contribution in [1.82, 2.24) is 9.80 Å². The maximum absolute atomic E-state index is 13.7. The Morgan fingerprint density at radius 2 is 1.38 bits per heavy atom. The Balaban J connectivity index is 1.31. The van der Waals surface area contributed by atoms with Gasteiger partial charge in [-0.25, -0.2) is 8.78 Å². The molecule has 0 N–H and O–H groups in total. The van der Waals surface area contributed by atoms with Crippen molar-refractivity contribution < 1.29 is 27.1 Å². The maximum atomic E-state index is 13.7. The Bertz CT molecular complexity index is 1130. The van der Waals surface area contributed by atoms with Gasteiger partial charge >= 0.3 is 0 Å². The summed E-state index contributed by atoms with van der Waals surface area (Å²) < 4.78 is 59.0. The van der Waals surface area contributed by atoms with E-state index in [1.165, 1.54) is 11.1 Å². The quantitative estimate of drug-likeness (QED) is 0.370. The first-order valence-electron chi connectivity index (χ1n) is 10.9. The summed E-state index contributed by atoms with van der Waals surface area (Å²) in [5.74, 6) is -7.46. The smallest absolute Gasteiger partial charge is 0.253 e. The molecule has 0 aliphatic carbocycles. The number of benzene rings is 3. The van der Waals surface area contributed by atoms with Crippen molar-refractivity contribution in [2.75, 3.05) is 26.2 Å². The van der Waals surface area contributed by atoms with Crippen LogP contribution in [0.4, 0.5) is 17.6 Å². The lowest BCUT2D eigenvalue weighted by atomic mass is 10.1. The minimum absolute atomic E-state index is 0.105. The van der Waals surface area contributed by atoms with Gasteiger partial charge in [-0.1, -0.05) is 42.0 Å². The molecule has 3 aromatic rings. The molecule has 1 fully saturated rings. The molecule has 0 bridgehead atoms. The predicted octanol–water partition coefficient (Wildman–Crippen LogP) is 5.09. The Hall–Kier alpha value is -3.39. The fourth-order valence-corrected chi connectivity index (χ4v) is 3.82. The van der Waals surface area contributed by atoms with Crippen molar-refractivity contribution in [3.05, 3.63) is 100 Å². The fourth-order valence-electron chi connectivity index (χ4n) is 3.82. The third kappa shape index (κ3) is 5.39. The molecule has 0 atom stereocenters. The number of rotatable bonds is 6. The van der Waals surface area contributed by atoms with E-state index in [1.807, 2.05) is 0 Å². The molecule has 178 valence electrons. The van der Waals surface area contributed by atoms with Crippen LogP contribution in [0.3, 0.4) is 0 Å². The van der Waals surface area contributed by atoms with Crippen LogP contribution in [-0.4, -0.2) is 41.9 Å². The van der Waals surface area contributed by atoms with Gasteiger partial charge in [0.2, 0.25) is 11.6 Å². The Labute approximate surface area is 195 Å². The van der Waals surface area contributed by atoms with Crippen LogP contribution in [-0.2, 0) is 13.2 Å². The van der Waals surface area contributed by atoms with Gasteiger partial charge in [0.1, 0.15) is 6.61 Å². The zero-order valence-corrected chi connectivity index (χ0v) is 18.7. The molecule has 4 nitrogen and oxygen atoms in total. The standard InChI is InChI=1S/C26H24F4N2O2/c1-17-2-4-18(5-3-17)15-31-10-12-32(13-11-31)26(33)20-8-6-19(7-9-20)16-34-25-23(29)21(27)14-22(28)24(25)30/h2-9,14H,10-13,15-16H2,1H3. The molecule has 8 heteroatoms. The SMILES string of the molecule is Cc1ccc(CN2CCN(C(=O)c3ccc(COc4c(F)c(F)cc(F)c4F)cc3)CC2)cc1. The van der Waals surface area contributed by atoms with Crippen LogP contribution in [0, 0.1) is 30.2 Å². The number of aryl methyl sites for hydroxylation is 1. The first-order chi connectivity index (χ1) is 16.3. The molecule has 1 aliphatic heterocycles. The molecule has 34 heavy (non-hydrogen) atoms. The van der Waals surface area contributed by atoms with Crippen molar-refractivity contribution in [2.24, 2.45) is 0 Å². The zero-order valence-electron chi connectivity index (χ0n) is 18.7. The van der Waals surface area contributed by atoms with E-state index in [2.05, 4.69) is 36.1 Å². The summed E-state index contributed by atoms with van der Waals surface area (Å²) in [6, 6.07) is 14.9. The molecule has 1 saturated heterocycles.